The highest BCUT2D eigenvalue weighted by Gasteiger charge is 2.13. The predicted molar refractivity (Wildman–Crippen MR) is 132 cm³/mol. The van der Waals surface area contributed by atoms with Crippen molar-refractivity contribution >= 4 is 34.7 Å². The number of hydrogen-bond acceptors (Lipinski definition) is 5. The van der Waals surface area contributed by atoms with Crippen LogP contribution in [-0.4, -0.2) is 28.8 Å². The maximum atomic E-state index is 11.8. The third-order valence-corrected chi connectivity index (χ3v) is 6.08. The van der Waals surface area contributed by atoms with Crippen molar-refractivity contribution < 1.29 is 4.79 Å². The SMILES string of the molecule is C=CC(=O)Cc1cc(-c2nc(Nc3cccc(N4CCCCC4)c3)ncc2C)ccc1Cl. The second-order valence-corrected chi connectivity index (χ2v) is 8.51. The highest BCUT2D eigenvalue weighted by molar-refractivity contribution is 6.31. The fourth-order valence-electron chi connectivity index (χ4n) is 3.97. The molecule has 0 aliphatic carbocycles. The lowest BCUT2D eigenvalue weighted by atomic mass is 10.0. The molecule has 0 amide bonds. The number of aryl methyl sites for hydroxylation is 1. The van der Waals surface area contributed by atoms with Gasteiger partial charge in [-0.3, -0.25) is 4.79 Å². The van der Waals surface area contributed by atoms with Gasteiger partial charge in [0.25, 0.3) is 0 Å². The smallest absolute Gasteiger partial charge is 0.227 e. The monoisotopic (exact) mass is 446 g/mol. The molecule has 1 aromatic heterocycles. The number of aromatic nitrogens is 2. The lowest BCUT2D eigenvalue weighted by Crippen LogP contribution is -2.29. The predicted octanol–water partition coefficient (Wildman–Crippen LogP) is 6.14. The zero-order valence-electron chi connectivity index (χ0n) is 18.3. The molecular formula is C26H27ClN4O. The molecule has 0 unspecified atom stereocenters. The van der Waals surface area contributed by atoms with E-state index in [2.05, 4.69) is 40.0 Å². The second-order valence-electron chi connectivity index (χ2n) is 8.10. The summed E-state index contributed by atoms with van der Waals surface area (Å²) in [6.07, 6.45) is 7.13. The molecule has 1 aliphatic rings. The fourth-order valence-corrected chi connectivity index (χ4v) is 4.16. The molecule has 1 N–H and O–H groups in total. The lowest BCUT2D eigenvalue weighted by molar-refractivity contribution is -0.114. The Hall–Kier alpha value is -3.18. The summed E-state index contributed by atoms with van der Waals surface area (Å²) in [4.78, 5) is 23.5. The van der Waals surface area contributed by atoms with Crippen LogP contribution in [0, 0.1) is 6.92 Å². The second kappa shape index (κ2) is 9.96. The number of ketones is 1. The van der Waals surface area contributed by atoms with E-state index >= 15 is 0 Å². The van der Waals surface area contributed by atoms with Crippen molar-refractivity contribution in [1.29, 1.82) is 0 Å². The van der Waals surface area contributed by atoms with Crippen LogP contribution in [0.25, 0.3) is 11.3 Å². The summed E-state index contributed by atoms with van der Waals surface area (Å²) in [5.74, 6) is 0.458. The number of halogens is 1. The molecule has 0 bridgehead atoms. The average Bonchev–Trinajstić information content (AvgIpc) is 2.82. The number of allylic oxidation sites excluding steroid dienone is 1. The summed E-state index contributed by atoms with van der Waals surface area (Å²) in [6, 6.07) is 14.0. The summed E-state index contributed by atoms with van der Waals surface area (Å²) < 4.78 is 0. The number of anilines is 3. The first-order chi connectivity index (χ1) is 15.5. The molecule has 0 radical (unpaired) electrons. The van der Waals surface area contributed by atoms with Crippen LogP contribution in [0.5, 0.6) is 0 Å². The Morgan fingerprint density at radius 2 is 2.00 bits per heavy atom. The molecule has 0 atom stereocenters. The molecule has 5 nitrogen and oxygen atoms in total. The summed E-state index contributed by atoms with van der Waals surface area (Å²) in [5.41, 5.74) is 5.58. The van der Waals surface area contributed by atoms with Crippen LogP contribution in [0.4, 0.5) is 17.3 Å². The Morgan fingerprint density at radius 1 is 1.19 bits per heavy atom. The largest absolute Gasteiger partial charge is 0.371 e. The summed E-state index contributed by atoms with van der Waals surface area (Å²) in [7, 11) is 0. The van der Waals surface area contributed by atoms with E-state index in [4.69, 9.17) is 16.6 Å². The third kappa shape index (κ3) is 5.17. The van der Waals surface area contributed by atoms with Crippen LogP contribution in [0.2, 0.25) is 5.02 Å². The first kappa shape index (κ1) is 22.0. The van der Waals surface area contributed by atoms with Crippen molar-refractivity contribution in [3.8, 4) is 11.3 Å². The minimum atomic E-state index is -0.0700. The number of piperidine rings is 1. The first-order valence-corrected chi connectivity index (χ1v) is 11.3. The van der Waals surface area contributed by atoms with Crippen LogP contribution in [0.1, 0.15) is 30.4 Å². The van der Waals surface area contributed by atoms with Crippen molar-refractivity contribution in [2.45, 2.75) is 32.6 Å². The number of rotatable bonds is 7. The van der Waals surface area contributed by atoms with E-state index in [1.807, 2.05) is 31.3 Å². The molecule has 0 spiro atoms. The minimum Gasteiger partial charge on any atom is -0.371 e. The van der Waals surface area contributed by atoms with Gasteiger partial charge in [0.15, 0.2) is 5.78 Å². The van der Waals surface area contributed by atoms with Gasteiger partial charge in [-0.15, -0.1) is 0 Å². The van der Waals surface area contributed by atoms with Crippen LogP contribution < -0.4 is 10.2 Å². The lowest BCUT2D eigenvalue weighted by Gasteiger charge is -2.29. The molecule has 2 heterocycles. The zero-order chi connectivity index (χ0) is 22.5. The molecule has 3 aromatic rings. The number of carbonyl (C=O) groups excluding carboxylic acids is 1. The average molecular weight is 447 g/mol. The van der Waals surface area contributed by atoms with E-state index in [-0.39, 0.29) is 12.2 Å². The van der Waals surface area contributed by atoms with Gasteiger partial charge >= 0.3 is 0 Å². The van der Waals surface area contributed by atoms with Gasteiger partial charge in [-0.2, -0.15) is 0 Å². The van der Waals surface area contributed by atoms with E-state index in [9.17, 15) is 4.79 Å². The van der Waals surface area contributed by atoms with Crippen LogP contribution in [-0.2, 0) is 11.2 Å². The molecule has 2 aromatic carbocycles. The first-order valence-electron chi connectivity index (χ1n) is 10.9. The molecular weight excluding hydrogens is 420 g/mol. The third-order valence-electron chi connectivity index (χ3n) is 5.71. The number of benzene rings is 2. The van der Waals surface area contributed by atoms with Crippen LogP contribution in [0.15, 0.2) is 61.3 Å². The van der Waals surface area contributed by atoms with Crippen LogP contribution in [0.3, 0.4) is 0 Å². The number of carbonyl (C=O) groups is 1. The van der Waals surface area contributed by atoms with Crippen molar-refractivity contribution in [3.63, 3.8) is 0 Å². The topological polar surface area (TPSA) is 58.1 Å². The van der Waals surface area contributed by atoms with E-state index < -0.39 is 0 Å². The maximum absolute atomic E-state index is 11.8. The van der Waals surface area contributed by atoms with Gasteiger partial charge in [-0.1, -0.05) is 30.3 Å². The summed E-state index contributed by atoms with van der Waals surface area (Å²) in [6.45, 7) is 7.71. The number of hydrogen-bond donors (Lipinski definition) is 1. The highest BCUT2D eigenvalue weighted by atomic mass is 35.5. The van der Waals surface area contributed by atoms with E-state index in [0.717, 1.165) is 41.2 Å². The summed E-state index contributed by atoms with van der Waals surface area (Å²) >= 11 is 6.31. The molecule has 1 aliphatic heterocycles. The van der Waals surface area contributed by atoms with Gasteiger partial charge in [-0.25, -0.2) is 9.97 Å². The summed E-state index contributed by atoms with van der Waals surface area (Å²) in [5, 5.41) is 3.90. The van der Waals surface area contributed by atoms with Crippen LogP contribution >= 0.6 is 11.6 Å². The Balaban J connectivity index is 1.59. The van der Waals surface area contributed by atoms with Crippen molar-refractivity contribution in [1.82, 2.24) is 9.97 Å². The van der Waals surface area contributed by atoms with Gasteiger partial charge in [0.05, 0.1) is 5.69 Å². The molecule has 6 heteroatoms. The Labute approximate surface area is 194 Å². The van der Waals surface area contributed by atoms with Gasteiger partial charge in [-0.05, 0) is 73.7 Å². The van der Waals surface area contributed by atoms with Gasteiger partial charge in [0, 0.05) is 47.7 Å². The van der Waals surface area contributed by atoms with Crippen molar-refractivity contribution in [2.75, 3.05) is 23.3 Å². The fraction of sp³-hybridized carbons (Fsp3) is 0.269. The molecule has 164 valence electrons. The molecule has 1 saturated heterocycles. The minimum absolute atomic E-state index is 0.0700. The molecule has 4 rings (SSSR count). The molecule has 0 saturated carbocycles. The van der Waals surface area contributed by atoms with Gasteiger partial charge < -0.3 is 10.2 Å². The number of nitrogens with one attached hydrogen (secondary N) is 1. The normalized spacial score (nSPS) is 13.6. The van der Waals surface area contributed by atoms with Gasteiger partial charge in [0.1, 0.15) is 0 Å². The van der Waals surface area contributed by atoms with E-state index in [1.165, 1.54) is 31.0 Å². The van der Waals surface area contributed by atoms with Gasteiger partial charge in [0.2, 0.25) is 5.95 Å². The Morgan fingerprint density at radius 3 is 2.78 bits per heavy atom. The number of nitrogens with zero attached hydrogens (tertiary/aromatic N) is 3. The highest BCUT2D eigenvalue weighted by Crippen LogP contribution is 2.29. The van der Waals surface area contributed by atoms with E-state index in [1.54, 1.807) is 6.07 Å². The quantitative estimate of drug-likeness (QED) is 0.442. The molecule has 1 fully saturated rings. The van der Waals surface area contributed by atoms with E-state index in [0.29, 0.717) is 11.0 Å². The Bertz CT molecular complexity index is 1140. The zero-order valence-corrected chi connectivity index (χ0v) is 19.0. The van der Waals surface area contributed by atoms with Crippen molar-refractivity contribution in [3.05, 3.63) is 77.5 Å². The Kier molecular flexibility index (Phi) is 6.86. The maximum Gasteiger partial charge on any atom is 0.227 e. The molecule has 32 heavy (non-hydrogen) atoms. The van der Waals surface area contributed by atoms with Crippen molar-refractivity contribution in [2.24, 2.45) is 0 Å². The standard InChI is InChI=1S/C26H27ClN4O/c1-3-23(32)15-20-14-19(10-11-24(20)27)25-18(2)17-28-26(30-25)29-21-8-7-9-22(16-21)31-12-5-4-6-13-31/h3,7-11,14,16-17H,1,4-6,12-13,15H2,2H3,(H,28,29,30).